The van der Waals surface area contributed by atoms with Crippen molar-refractivity contribution in [2.75, 3.05) is 16.8 Å². The fraction of sp³-hybridized carbons (Fsp3) is 0.0909. The number of hydrogen-bond acceptors (Lipinski definition) is 5. The zero-order valence-corrected chi connectivity index (χ0v) is 11.9. The third kappa shape index (κ3) is 2.83. The smallest absolute Gasteiger partial charge is 0.223 e. The van der Waals surface area contributed by atoms with Crippen molar-refractivity contribution >= 4 is 50.8 Å². The van der Waals surface area contributed by atoms with Gasteiger partial charge in [0, 0.05) is 15.6 Å². The molecular formula is C11H11BrClN5. The maximum absolute atomic E-state index is 6.07. The van der Waals surface area contributed by atoms with Gasteiger partial charge in [0.2, 0.25) is 5.95 Å². The molecule has 1 aromatic carbocycles. The van der Waals surface area contributed by atoms with E-state index in [0.29, 0.717) is 16.7 Å². The Labute approximate surface area is 118 Å². The molecule has 1 heterocycles. The van der Waals surface area contributed by atoms with Crippen molar-refractivity contribution < 1.29 is 0 Å². The molecule has 18 heavy (non-hydrogen) atoms. The van der Waals surface area contributed by atoms with Gasteiger partial charge in [0.15, 0.2) is 0 Å². The molecule has 0 saturated heterocycles. The van der Waals surface area contributed by atoms with Crippen LogP contribution in [-0.4, -0.2) is 9.97 Å². The van der Waals surface area contributed by atoms with Gasteiger partial charge in [0.25, 0.3) is 0 Å². The van der Waals surface area contributed by atoms with E-state index in [2.05, 4.69) is 31.2 Å². The SMILES string of the molecule is Cc1cc(Br)c(Nc2cc(N)nc(N)n2)cc1Cl. The molecule has 0 fully saturated rings. The number of hydrogen-bond donors (Lipinski definition) is 3. The first-order chi connectivity index (χ1) is 8.45. The van der Waals surface area contributed by atoms with Crippen LogP contribution in [0.3, 0.4) is 0 Å². The Morgan fingerprint density at radius 1 is 1.22 bits per heavy atom. The van der Waals surface area contributed by atoms with E-state index in [1.54, 1.807) is 12.1 Å². The lowest BCUT2D eigenvalue weighted by Crippen LogP contribution is -2.03. The van der Waals surface area contributed by atoms with Crippen LogP contribution in [0.5, 0.6) is 0 Å². The van der Waals surface area contributed by atoms with E-state index in [4.69, 9.17) is 23.1 Å². The van der Waals surface area contributed by atoms with Gasteiger partial charge in [0.05, 0.1) is 5.69 Å². The molecule has 1 aromatic heterocycles. The first-order valence-electron chi connectivity index (χ1n) is 5.08. The minimum absolute atomic E-state index is 0.117. The first kappa shape index (κ1) is 12.9. The van der Waals surface area contributed by atoms with Crippen LogP contribution in [-0.2, 0) is 0 Å². The number of benzene rings is 1. The molecule has 2 aromatic rings. The lowest BCUT2D eigenvalue weighted by atomic mass is 10.2. The highest BCUT2D eigenvalue weighted by molar-refractivity contribution is 9.10. The number of rotatable bonds is 2. The number of nitrogens with two attached hydrogens (primary N) is 2. The summed E-state index contributed by atoms with van der Waals surface area (Å²) >= 11 is 9.52. The second-order valence-electron chi connectivity index (χ2n) is 3.74. The Balaban J connectivity index is 2.36. The summed E-state index contributed by atoms with van der Waals surface area (Å²) in [5.41, 5.74) is 12.9. The van der Waals surface area contributed by atoms with Gasteiger partial charge < -0.3 is 16.8 Å². The second-order valence-corrected chi connectivity index (χ2v) is 5.00. The van der Waals surface area contributed by atoms with Crippen molar-refractivity contribution in [1.29, 1.82) is 0 Å². The van der Waals surface area contributed by atoms with E-state index in [-0.39, 0.29) is 5.95 Å². The van der Waals surface area contributed by atoms with Gasteiger partial charge in [-0.25, -0.2) is 0 Å². The molecule has 0 amide bonds. The number of nitrogen functional groups attached to an aromatic ring is 2. The summed E-state index contributed by atoms with van der Waals surface area (Å²) in [4.78, 5) is 7.83. The monoisotopic (exact) mass is 327 g/mol. The minimum Gasteiger partial charge on any atom is -0.383 e. The summed E-state index contributed by atoms with van der Waals surface area (Å²) in [7, 11) is 0. The highest BCUT2D eigenvalue weighted by Crippen LogP contribution is 2.31. The highest BCUT2D eigenvalue weighted by Gasteiger charge is 2.06. The van der Waals surface area contributed by atoms with Gasteiger partial charge in [-0.05, 0) is 40.5 Å². The van der Waals surface area contributed by atoms with Crippen LogP contribution < -0.4 is 16.8 Å². The molecule has 7 heteroatoms. The van der Waals surface area contributed by atoms with Crippen molar-refractivity contribution in [3.63, 3.8) is 0 Å². The molecule has 0 atom stereocenters. The molecule has 0 spiro atoms. The normalized spacial score (nSPS) is 10.4. The molecule has 0 radical (unpaired) electrons. The summed E-state index contributed by atoms with van der Waals surface area (Å²) < 4.78 is 0.875. The quantitative estimate of drug-likeness (QED) is 0.788. The fourth-order valence-corrected chi connectivity index (χ4v) is 2.15. The maximum Gasteiger partial charge on any atom is 0.223 e. The summed E-state index contributed by atoms with van der Waals surface area (Å²) in [5, 5.41) is 3.74. The molecule has 5 nitrogen and oxygen atoms in total. The first-order valence-corrected chi connectivity index (χ1v) is 6.25. The molecule has 0 unspecified atom stereocenters. The summed E-state index contributed by atoms with van der Waals surface area (Å²) in [5.74, 6) is 0.937. The van der Waals surface area contributed by atoms with Crippen molar-refractivity contribution in [2.24, 2.45) is 0 Å². The van der Waals surface area contributed by atoms with Crippen LogP contribution >= 0.6 is 27.5 Å². The Morgan fingerprint density at radius 2 is 1.94 bits per heavy atom. The largest absolute Gasteiger partial charge is 0.383 e. The molecule has 0 bridgehead atoms. The lowest BCUT2D eigenvalue weighted by molar-refractivity contribution is 1.19. The van der Waals surface area contributed by atoms with Gasteiger partial charge in [-0.3, -0.25) is 0 Å². The third-order valence-corrected chi connectivity index (χ3v) is 3.34. The van der Waals surface area contributed by atoms with Gasteiger partial charge in [-0.2, -0.15) is 9.97 Å². The van der Waals surface area contributed by atoms with E-state index in [9.17, 15) is 0 Å². The van der Waals surface area contributed by atoms with E-state index in [1.807, 2.05) is 13.0 Å². The van der Waals surface area contributed by atoms with Gasteiger partial charge in [0.1, 0.15) is 11.6 Å². The number of aromatic nitrogens is 2. The molecular weight excluding hydrogens is 318 g/mol. The number of halogens is 2. The zero-order valence-electron chi connectivity index (χ0n) is 9.54. The summed E-state index contributed by atoms with van der Waals surface area (Å²) in [6.07, 6.45) is 0. The molecule has 0 saturated carbocycles. The molecule has 94 valence electrons. The van der Waals surface area contributed by atoms with Gasteiger partial charge in [-0.1, -0.05) is 11.6 Å². The Kier molecular flexibility index (Phi) is 3.58. The lowest BCUT2D eigenvalue weighted by Gasteiger charge is -2.10. The van der Waals surface area contributed by atoms with Crippen LogP contribution in [0.15, 0.2) is 22.7 Å². The van der Waals surface area contributed by atoms with Crippen molar-refractivity contribution in [1.82, 2.24) is 9.97 Å². The fourth-order valence-electron chi connectivity index (χ4n) is 1.43. The van der Waals surface area contributed by atoms with Gasteiger partial charge >= 0.3 is 0 Å². The van der Waals surface area contributed by atoms with Crippen LogP contribution in [0.25, 0.3) is 0 Å². The van der Waals surface area contributed by atoms with Gasteiger partial charge in [-0.15, -0.1) is 0 Å². The predicted octanol–water partition coefficient (Wildman–Crippen LogP) is 3.11. The number of anilines is 4. The van der Waals surface area contributed by atoms with E-state index >= 15 is 0 Å². The summed E-state index contributed by atoms with van der Waals surface area (Å²) in [6, 6.07) is 5.31. The number of nitrogens with zero attached hydrogens (tertiary/aromatic N) is 2. The van der Waals surface area contributed by atoms with Crippen LogP contribution in [0.4, 0.5) is 23.3 Å². The summed E-state index contributed by atoms with van der Waals surface area (Å²) in [6.45, 7) is 1.93. The number of aryl methyl sites for hydroxylation is 1. The van der Waals surface area contributed by atoms with Crippen molar-refractivity contribution in [3.8, 4) is 0 Å². The number of nitrogens with one attached hydrogen (secondary N) is 1. The second kappa shape index (κ2) is 4.99. The van der Waals surface area contributed by atoms with Crippen molar-refractivity contribution in [2.45, 2.75) is 6.92 Å². The predicted molar refractivity (Wildman–Crippen MR) is 78.0 cm³/mol. The maximum atomic E-state index is 6.07. The van der Waals surface area contributed by atoms with Crippen LogP contribution in [0.1, 0.15) is 5.56 Å². The molecule has 0 aliphatic heterocycles. The van der Waals surface area contributed by atoms with Crippen molar-refractivity contribution in [3.05, 3.63) is 33.3 Å². The van der Waals surface area contributed by atoms with E-state index in [1.165, 1.54) is 0 Å². The topological polar surface area (TPSA) is 89.8 Å². The van der Waals surface area contributed by atoms with Crippen LogP contribution in [0.2, 0.25) is 5.02 Å². The standard InChI is InChI=1S/C11H11BrClN5/c1-5-2-6(12)8(3-7(5)13)16-10-4-9(14)17-11(15)18-10/h2-4H,1H3,(H5,14,15,16,17,18). The average Bonchev–Trinajstić information content (AvgIpc) is 2.24. The van der Waals surface area contributed by atoms with E-state index in [0.717, 1.165) is 15.7 Å². The Hall–Kier alpha value is -1.53. The van der Waals surface area contributed by atoms with E-state index < -0.39 is 0 Å². The minimum atomic E-state index is 0.117. The Morgan fingerprint density at radius 3 is 2.61 bits per heavy atom. The van der Waals surface area contributed by atoms with Crippen LogP contribution in [0, 0.1) is 6.92 Å². The Bertz CT molecular complexity index is 582. The average molecular weight is 329 g/mol. The molecule has 0 aliphatic carbocycles. The molecule has 5 N–H and O–H groups in total. The molecule has 2 rings (SSSR count). The molecule has 0 aliphatic rings. The zero-order chi connectivity index (χ0) is 13.3. The third-order valence-electron chi connectivity index (χ3n) is 2.27. The highest BCUT2D eigenvalue weighted by atomic mass is 79.9.